The number of aromatic nitrogens is 1. The minimum atomic E-state index is -1.08. The molecule has 0 aliphatic heterocycles. The average molecular weight is 276 g/mol. The number of ether oxygens (including phenoxy) is 2. The maximum absolute atomic E-state index is 10.9. The number of rotatable bonds is 6. The first-order valence-electron chi connectivity index (χ1n) is 5.05. The first kappa shape index (κ1) is 16.3. The van der Waals surface area contributed by atoms with Crippen LogP contribution in [0.15, 0.2) is 18.3 Å². The maximum Gasteiger partial charge on any atom is 0.354 e. The minimum Gasteiger partial charge on any atom is -0.477 e. The van der Waals surface area contributed by atoms with Crippen LogP contribution in [-0.2, 0) is 20.9 Å². The van der Waals surface area contributed by atoms with Crippen LogP contribution < -0.4 is 0 Å². The summed E-state index contributed by atoms with van der Waals surface area (Å²) < 4.78 is 9.75. The summed E-state index contributed by atoms with van der Waals surface area (Å²) in [5.41, 5.74) is 0.665. The molecule has 0 fully saturated rings. The number of hydrogen-bond donors (Lipinski definition) is 1. The molecule has 0 saturated carbocycles. The fraction of sp³-hybridized carbons (Fsp3) is 0.364. The smallest absolute Gasteiger partial charge is 0.354 e. The molecule has 0 saturated heterocycles. The van der Waals surface area contributed by atoms with Gasteiger partial charge in [0, 0.05) is 6.20 Å². The molecule has 100 valence electrons. The summed E-state index contributed by atoms with van der Waals surface area (Å²) in [6.07, 6.45) is 1.40. The van der Waals surface area contributed by atoms with Crippen LogP contribution in [0.2, 0.25) is 0 Å². The third-order valence-electron chi connectivity index (χ3n) is 1.84. The summed E-state index contributed by atoms with van der Waals surface area (Å²) in [5.74, 6) is -1.51. The molecule has 0 aliphatic carbocycles. The number of halogens is 1. The van der Waals surface area contributed by atoms with E-state index in [0.717, 1.165) is 0 Å². The first-order chi connectivity index (χ1) is 8.13. The van der Waals surface area contributed by atoms with Crippen molar-refractivity contribution in [1.29, 1.82) is 0 Å². The van der Waals surface area contributed by atoms with Crippen molar-refractivity contribution in [2.45, 2.75) is 13.5 Å². The number of carboxylic acid groups (broad SMARTS) is 1. The molecule has 18 heavy (non-hydrogen) atoms. The predicted octanol–water partition coefficient (Wildman–Crippen LogP) is 1.28. The van der Waals surface area contributed by atoms with Crippen molar-refractivity contribution in [3.63, 3.8) is 0 Å². The second-order valence-electron chi connectivity index (χ2n) is 3.15. The molecule has 1 heterocycles. The van der Waals surface area contributed by atoms with Gasteiger partial charge in [0.1, 0.15) is 12.3 Å². The number of carbonyl (C=O) groups excluding carboxylic acids is 1. The van der Waals surface area contributed by atoms with Crippen molar-refractivity contribution in [3.05, 3.63) is 29.6 Å². The van der Waals surface area contributed by atoms with Gasteiger partial charge in [0.15, 0.2) is 0 Å². The van der Waals surface area contributed by atoms with Gasteiger partial charge in [-0.1, -0.05) is 6.07 Å². The molecule has 1 rings (SSSR count). The van der Waals surface area contributed by atoms with Gasteiger partial charge in [0.2, 0.25) is 0 Å². The normalized spacial score (nSPS) is 9.39. The minimum absolute atomic E-state index is 0. The van der Waals surface area contributed by atoms with Crippen LogP contribution in [-0.4, -0.2) is 35.2 Å². The van der Waals surface area contributed by atoms with Crippen LogP contribution in [0.25, 0.3) is 0 Å². The van der Waals surface area contributed by atoms with E-state index >= 15 is 0 Å². The van der Waals surface area contributed by atoms with Crippen LogP contribution in [0.4, 0.5) is 0 Å². The number of carboxylic acids is 1. The van der Waals surface area contributed by atoms with E-state index in [9.17, 15) is 9.59 Å². The lowest BCUT2D eigenvalue weighted by Gasteiger charge is -2.04. The van der Waals surface area contributed by atoms with Gasteiger partial charge in [0.05, 0.1) is 13.2 Å². The van der Waals surface area contributed by atoms with E-state index in [2.05, 4.69) is 9.72 Å². The molecule has 0 atom stereocenters. The van der Waals surface area contributed by atoms with Gasteiger partial charge in [-0.05, 0) is 18.6 Å². The number of esters is 1. The van der Waals surface area contributed by atoms with Gasteiger partial charge in [0.25, 0.3) is 0 Å². The monoisotopic (exact) mass is 275 g/mol. The van der Waals surface area contributed by atoms with Crippen LogP contribution in [0.3, 0.4) is 0 Å². The zero-order chi connectivity index (χ0) is 12.7. The summed E-state index contributed by atoms with van der Waals surface area (Å²) in [6, 6.07) is 2.97. The maximum atomic E-state index is 10.9. The number of nitrogens with zero attached hydrogens (tertiary/aromatic N) is 1. The van der Waals surface area contributed by atoms with Crippen molar-refractivity contribution >= 4 is 24.3 Å². The van der Waals surface area contributed by atoms with E-state index < -0.39 is 11.9 Å². The largest absolute Gasteiger partial charge is 0.477 e. The van der Waals surface area contributed by atoms with Crippen LogP contribution in [0.5, 0.6) is 0 Å². The summed E-state index contributed by atoms with van der Waals surface area (Å²) in [5, 5.41) is 8.63. The highest BCUT2D eigenvalue weighted by atomic mass is 35.5. The first-order valence-corrected chi connectivity index (χ1v) is 5.05. The number of carbonyl (C=O) groups is 2. The zero-order valence-corrected chi connectivity index (χ0v) is 10.6. The highest BCUT2D eigenvalue weighted by Gasteiger charge is 2.05. The molecule has 0 radical (unpaired) electrons. The molecule has 1 N–H and O–H groups in total. The third kappa shape index (κ3) is 5.60. The highest BCUT2D eigenvalue weighted by molar-refractivity contribution is 5.85. The lowest BCUT2D eigenvalue weighted by molar-refractivity contribution is -0.148. The average Bonchev–Trinajstić information content (AvgIpc) is 2.30. The zero-order valence-electron chi connectivity index (χ0n) is 9.79. The Morgan fingerprint density at radius 3 is 2.61 bits per heavy atom. The fourth-order valence-electron chi connectivity index (χ4n) is 1.09. The Bertz CT molecular complexity index is 393. The Kier molecular flexibility index (Phi) is 7.66. The standard InChI is InChI=1S/C11H13NO5.ClH/c1-2-17-10(13)7-16-6-8-3-4-9(11(14)15)12-5-8;/h3-5H,2,6-7H2,1H3,(H,14,15);1H. The molecule has 1 aromatic heterocycles. The fourth-order valence-corrected chi connectivity index (χ4v) is 1.09. The Morgan fingerprint density at radius 2 is 2.11 bits per heavy atom. The summed E-state index contributed by atoms with van der Waals surface area (Å²) in [6.45, 7) is 2.09. The Balaban J connectivity index is 0.00000289. The van der Waals surface area contributed by atoms with Crippen molar-refractivity contribution in [1.82, 2.24) is 4.98 Å². The quantitative estimate of drug-likeness (QED) is 0.787. The van der Waals surface area contributed by atoms with Crippen molar-refractivity contribution in [2.24, 2.45) is 0 Å². The lowest BCUT2D eigenvalue weighted by Crippen LogP contribution is -2.12. The van der Waals surface area contributed by atoms with E-state index in [1.807, 2.05) is 0 Å². The number of aromatic carboxylic acids is 1. The summed E-state index contributed by atoms with van der Waals surface area (Å²) in [4.78, 5) is 25.2. The van der Waals surface area contributed by atoms with Gasteiger partial charge in [-0.2, -0.15) is 0 Å². The van der Waals surface area contributed by atoms with E-state index in [4.69, 9.17) is 9.84 Å². The van der Waals surface area contributed by atoms with Gasteiger partial charge in [-0.15, -0.1) is 12.4 Å². The van der Waals surface area contributed by atoms with E-state index in [1.165, 1.54) is 12.3 Å². The number of pyridine rings is 1. The third-order valence-corrected chi connectivity index (χ3v) is 1.84. The molecule has 0 amide bonds. The molecule has 0 unspecified atom stereocenters. The van der Waals surface area contributed by atoms with E-state index in [0.29, 0.717) is 12.2 Å². The SMILES string of the molecule is CCOC(=O)COCc1ccc(C(=O)O)nc1.Cl. The molecule has 1 aromatic rings. The summed E-state index contributed by atoms with van der Waals surface area (Å²) >= 11 is 0. The molecular weight excluding hydrogens is 262 g/mol. The van der Waals surface area contributed by atoms with Gasteiger partial charge in [-0.25, -0.2) is 14.6 Å². The molecular formula is C11H14ClNO5. The Labute approximate surface area is 110 Å². The molecule has 0 spiro atoms. The lowest BCUT2D eigenvalue weighted by atomic mass is 10.2. The van der Waals surface area contributed by atoms with Crippen LogP contribution in [0, 0.1) is 0 Å². The van der Waals surface area contributed by atoms with Gasteiger partial charge in [-0.3, -0.25) is 0 Å². The van der Waals surface area contributed by atoms with E-state index in [1.54, 1.807) is 13.0 Å². The second kappa shape index (κ2) is 8.43. The molecule has 0 aromatic carbocycles. The van der Waals surface area contributed by atoms with Crippen LogP contribution in [0.1, 0.15) is 23.0 Å². The molecule has 7 heteroatoms. The summed E-state index contributed by atoms with van der Waals surface area (Å²) in [7, 11) is 0. The van der Waals surface area contributed by atoms with Crippen molar-refractivity contribution < 1.29 is 24.2 Å². The number of hydrogen-bond acceptors (Lipinski definition) is 5. The van der Waals surface area contributed by atoms with Crippen molar-refractivity contribution in [2.75, 3.05) is 13.2 Å². The second-order valence-corrected chi connectivity index (χ2v) is 3.15. The molecule has 0 aliphatic rings. The van der Waals surface area contributed by atoms with Crippen molar-refractivity contribution in [3.8, 4) is 0 Å². The van der Waals surface area contributed by atoms with Gasteiger partial charge < -0.3 is 14.6 Å². The molecule has 6 nitrogen and oxygen atoms in total. The predicted molar refractivity (Wildman–Crippen MR) is 64.7 cm³/mol. The van der Waals surface area contributed by atoms with Crippen LogP contribution >= 0.6 is 12.4 Å². The highest BCUT2D eigenvalue weighted by Crippen LogP contribution is 2.02. The topological polar surface area (TPSA) is 85.7 Å². The Morgan fingerprint density at radius 1 is 1.39 bits per heavy atom. The van der Waals surface area contributed by atoms with Gasteiger partial charge >= 0.3 is 11.9 Å². The molecule has 0 bridgehead atoms. The van der Waals surface area contributed by atoms with E-state index in [-0.39, 0.29) is 31.3 Å². The Hall–Kier alpha value is -1.66.